The number of aliphatic hydroxyl groups is 2. The average Bonchev–Trinajstić information content (AvgIpc) is 2.83. The van der Waals surface area contributed by atoms with Crippen molar-refractivity contribution in [3.63, 3.8) is 0 Å². The molecule has 0 aliphatic heterocycles. The van der Waals surface area contributed by atoms with Crippen LogP contribution in [0.2, 0.25) is 0 Å². The quantitative estimate of drug-likeness (QED) is 0.676. The van der Waals surface area contributed by atoms with E-state index in [1.54, 1.807) is 0 Å². The summed E-state index contributed by atoms with van der Waals surface area (Å²) in [5.41, 5.74) is 1.75. The molecule has 122 valence electrons. The van der Waals surface area contributed by atoms with Gasteiger partial charge in [0.25, 0.3) is 0 Å². The van der Waals surface area contributed by atoms with Gasteiger partial charge in [-0.15, -0.1) is 0 Å². The first-order valence-corrected chi connectivity index (χ1v) is 8.95. The Labute approximate surface area is 132 Å². The van der Waals surface area contributed by atoms with Gasteiger partial charge in [-0.05, 0) is 60.8 Å². The first kappa shape index (κ1) is 14.9. The predicted molar refractivity (Wildman–Crippen MR) is 83.9 cm³/mol. The first-order chi connectivity index (χ1) is 10.3. The Morgan fingerprint density at radius 2 is 1.77 bits per heavy atom. The lowest BCUT2D eigenvalue weighted by molar-refractivity contribution is -0.216. The van der Waals surface area contributed by atoms with Crippen molar-refractivity contribution in [3.8, 4) is 0 Å². The van der Waals surface area contributed by atoms with Gasteiger partial charge < -0.3 is 10.2 Å². The Morgan fingerprint density at radius 1 is 1.00 bits per heavy atom. The number of rotatable bonds is 0. The minimum absolute atomic E-state index is 0.0694. The molecule has 5 unspecified atom stereocenters. The number of carbonyl (C=O) groups excluding carboxylic acids is 1. The molecule has 0 aromatic carbocycles. The molecular weight excluding hydrogens is 276 g/mol. The molecule has 3 heteroatoms. The van der Waals surface area contributed by atoms with Crippen LogP contribution in [0.15, 0.2) is 11.6 Å². The van der Waals surface area contributed by atoms with E-state index in [4.69, 9.17) is 0 Å². The van der Waals surface area contributed by atoms with Crippen LogP contribution in [-0.2, 0) is 4.79 Å². The highest BCUT2D eigenvalue weighted by molar-refractivity contribution is 5.94. The molecule has 4 aliphatic rings. The third-order valence-corrected chi connectivity index (χ3v) is 7.73. The van der Waals surface area contributed by atoms with Gasteiger partial charge in [-0.25, -0.2) is 0 Å². The Bertz CT molecular complexity index is 549. The van der Waals surface area contributed by atoms with Crippen molar-refractivity contribution in [3.05, 3.63) is 11.6 Å². The van der Waals surface area contributed by atoms with E-state index in [0.29, 0.717) is 23.7 Å². The third kappa shape index (κ3) is 1.91. The number of carbonyl (C=O) groups is 1. The van der Waals surface area contributed by atoms with E-state index in [9.17, 15) is 15.0 Å². The Kier molecular flexibility index (Phi) is 3.01. The molecular formula is C19H28O3. The standard InChI is InChI=1S/C19H28O3/c1-17-6-3-4-13(17)12-10-16(20)15-11-19(21,22)9-8-18(15,2)14(12)5-7-17/h10,13-15,21-22H,3-9,11H2,1-2H3. The smallest absolute Gasteiger partial charge is 0.163 e. The molecule has 0 radical (unpaired) electrons. The van der Waals surface area contributed by atoms with Crippen molar-refractivity contribution in [1.82, 2.24) is 0 Å². The van der Waals surface area contributed by atoms with Crippen LogP contribution < -0.4 is 0 Å². The van der Waals surface area contributed by atoms with Gasteiger partial charge >= 0.3 is 0 Å². The van der Waals surface area contributed by atoms with Gasteiger partial charge in [-0.1, -0.05) is 25.8 Å². The molecule has 4 aliphatic carbocycles. The monoisotopic (exact) mass is 304 g/mol. The molecule has 4 rings (SSSR count). The number of allylic oxidation sites excluding steroid dienone is 2. The number of hydrogen-bond acceptors (Lipinski definition) is 3. The Balaban J connectivity index is 1.75. The van der Waals surface area contributed by atoms with Crippen LogP contribution in [-0.4, -0.2) is 21.8 Å². The maximum Gasteiger partial charge on any atom is 0.163 e. The summed E-state index contributed by atoms with van der Waals surface area (Å²) in [6.07, 6.45) is 9.54. The number of ketones is 1. The van der Waals surface area contributed by atoms with Crippen LogP contribution in [0.4, 0.5) is 0 Å². The SMILES string of the molecule is CC12CCCC1C1=CC(=O)C3CC(O)(O)CCC3(C)C1CC2. The largest absolute Gasteiger partial charge is 0.366 e. The maximum atomic E-state index is 12.8. The van der Waals surface area contributed by atoms with Crippen LogP contribution >= 0.6 is 0 Å². The highest BCUT2D eigenvalue weighted by Gasteiger charge is 2.58. The summed E-state index contributed by atoms with van der Waals surface area (Å²) in [6.45, 7) is 4.65. The third-order valence-electron chi connectivity index (χ3n) is 7.73. The zero-order valence-electron chi connectivity index (χ0n) is 13.8. The topological polar surface area (TPSA) is 57.5 Å². The molecule has 2 N–H and O–H groups in total. The van der Waals surface area contributed by atoms with E-state index in [1.807, 2.05) is 6.08 Å². The van der Waals surface area contributed by atoms with Crippen molar-refractivity contribution in [2.45, 2.75) is 71.0 Å². The van der Waals surface area contributed by atoms with E-state index < -0.39 is 5.79 Å². The van der Waals surface area contributed by atoms with E-state index in [-0.39, 0.29) is 23.5 Å². The minimum Gasteiger partial charge on any atom is -0.366 e. The molecule has 0 saturated heterocycles. The molecule has 0 spiro atoms. The second-order valence-electron chi connectivity index (χ2n) is 8.98. The van der Waals surface area contributed by atoms with Crippen LogP contribution in [0.5, 0.6) is 0 Å². The second-order valence-corrected chi connectivity index (χ2v) is 8.98. The summed E-state index contributed by atoms with van der Waals surface area (Å²) in [6, 6.07) is 0. The fraction of sp³-hybridized carbons (Fsp3) is 0.842. The van der Waals surface area contributed by atoms with Crippen LogP contribution in [0.3, 0.4) is 0 Å². The zero-order valence-corrected chi connectivity index (χ0v) is 13.8. The highest BCUT2D eigenvalue weighted by Crippen LogP contribution is 2.64. The molecule has 3 nitrogen and oxygen atoms in total. The molecule has 0 heterocycles. The molecule has 22 heavy (non-hydrogen) atoms. The predicted octanol–water partition coefficient (Wildman–Crippen LogP) is 3.20. The maximum absolute atomic E-state index is 12.8. The number of hydrogen-bond donors (Lipinski definition) is 2. The fourth-order valence-corrected chi connectivity index (χ4v) is 6.31. The lowest BCUT2D eigenvalue weighted by Crippen LogP contribution is -2.54. The van der Waals surface area contributed by atoms with Crippen molar-refractivity contribution < 1.29 is 15.0 Å². The molecule has 0 amide bonds. The molecule has 0 bridgehead atoms. The lowest BCUT2D eigenvalue weighted by Gasteiger charge is -2.56. The summed E-state index contributed by atoms with van der Waals surface area (Å²) in [7, 11) is 0. The van der Waals surface area contributed by atoms with E-state index in [2.05, 4.69) is 13.8 Å². The molecule has 0 aromatic rings. The van der Waals surface area contributed by atoms with Crippen molar-refractivity contribution in [2.75, 3.05) is 0 Å². The lowest BCUT2D eigenvalue weighted by atomic mass is 9.48. The summed E-state index contributed by atoms with van der Waals surface area (Å²) in [5, 5.41) is 20.0. The van der Waals surface area contributed by atoms with Gasteiger partial charge in [-0.2, -0.15) is 0 Å². The Hall–Kier alpha value is -0.670. The van der Waals surface area contributed by atoms with E-state index in [1.165, 1.54) is 37.7 Å². The van der Waals surface area contributed by atoms with E-state index in [0.717, 1.165) is 6.42 Å². The normalized spacial score (nSPS) is 49.9. The van der Waals surface area contributed by atoms with Crippen molar-refractivity contribution in [2.24, 2.45) is 28.6 Å². The minimum atomic E-state index is -1.65. The summed E-state index contributed by atoms with van der Waals surface area (Å²) < 4.78 is 0. The van der Waals surface area contributed by atoms with Crippen LogP contribution in [0, 0.1) is 28.6 Å². The van der Waals surface area contributed by atoms with Gasteiger partial charge in [0.1, 0.15) is 0 Å². The summed E-state index contributed by atoms with van der Waals surface area (Å²) in [4.78, 5) is 12.8. The molecule has 3 fully saturated rings. The molecule has 5 atom stereocenters. The van der Waals surface area contributed by atoms with Crippen LogP contribution in [0.1, 0.15) is 65.2 Å². The van der Waals surface area contributed by atoms with Crippen molar-refractivity contribution in [1.29, 1.82) is 0 Å². The van der Waals surface area contributed by atoms with Gasteiger partial charge in [0.2, 0.25) is 0 Å². The number of fused-ring (bicyclic) bond motifs is 5. The van der Waals surface area contributed by atoms with Gasteiger partial charge in [-0.3, -0.25) is 4.79 Å². The van der Waals surface area contributed by atoms with Gasteiger partial charge in [0.05, 0.1) is 0 Å². The van der Waals surface area contributed by atoms with Gasteiger partial charge in [0, 0.05) is 18.8 Å². The molecule has 0 aromatic heterocycles. The summed E-state index contributed by atoms with van der Waals surface area (Å²) >= 11 is 0. The van der Waals surface area contributed by atoms with Crippen LogP contribution in [0.25, 0.3) is 0 Å². The first-order valence-electron chi connectivity index (χ1n) is 8.95. The van der Waals surface area contributed by atoms with E-state index >= 15 is 0 Å². The second kappa shape index (κ2) is 4.45. The Morgan fingerprint density at radius 3 is 2.55 bits per heavy atom. The van der Waals surface area contributed by atoms with Crippen molar-refractivity contribution >= 4 is 5.78 Å². The van der Waals surface area contributed by atoms with Gasteiger partial charge in [0.15, 0.2) is 11.6 Å². The zero-order chi connectivity index (χ0) is 15.8. The molecule has 3 saturated carbocycles. The average molecular weight is 304 g/mol. The summed E-state index contributed by atoms with van der Waals surface area (Å²) in [5.74, 6) is -0.653. The fourth-order valence-electron chi connectivity index (χ4n) is 6.31. The highest BCUT2D eigenvalue weighted by atomic mass is 16.5.